The fourth-order valence-corrected chi connectivity index (χ4v) is 8.73. The Balaban J connectivity index is 1.46. The second kappa shape index (κ2) is 8.08. The van der Waals surface area contributed by atoms with Crippen LogP contribution in [0.15, 0.2) is 0 Å². The van der Waals surface area contributed by atoms with Gasteiger partial charge in [-0.25, -0.2) is 4.39 Å². The highest BCUT2D eigenvalue weighted by molar-refractivity contribution is 5.10. The van der Waals surface area contributed by atoms with Crippen molar-refractivity contribution in [3.05, 3.63) is 0 Å². The van der Waals surface area contributed by atoms with Crippen molar-refractivity contribution in [1.82, 2.24) is 0 Å². The molecular formula is C26H45FO2. The number of fused-ring (bicyclic) bond motifs is 5. The van der Waals surface area contributed by atoms with Gasteiger partial charge in [-0.05, 0) is 117 Å². The Hall–Kier alpha value is -0.150. The second-order valence-electron chi connectivity index (χ2n) is 12.2. The number of alkyl halides is 1. The van der Waals surface area contributed by atoms with Gasteiger partial charge in [-0.15, -0.1) is 0 Å². The van der Waals surface area contributed by atoms with Crippen molar-refractivity contribution < 1.29 is 14.6 Å². The van der Waals surface area contributed by atoms with E-state index in [1.165, 1.54) is 38.5 Å². The first kappa shape index (κ1) is 22.1. The van der Waals surface area contributed by atoms with E-state index in [1.807, 2.05) is 13.8 Å². The van der Waals surface area contributed by atoms with Crippen molar-refractivity contribution in [2.75, 3.05) is 0 Å². The summed E-state index contributed by atoms with van der Waals surface area (Å²) in [5.41, 5.74) is 0.554. The van der Waals surface area contributed by atoms with E-state index in [0.717, 1.165) is 31.1 Å². The Labute approximate surface area is 178 Å². The molecular weight excluding hydrogens is 363 g/mol. The Morgan fingerprint density at radius 2 is 1.59 bits per heavy atom. The van der Waals surface area contributed by atoms with E-state index in [2.05, 4.69) is 13.8 Å². The van der Waals surface area contributed by atoms with Gasteiger partial charge in [0.05, 0.1) is 12.2 Å². The van der Waals surface area contributed by atoms with Crippen molar-refractivity contribution in [1.29, 1.82) is 0 Å². The highest BCUT2D eigenvalue weighted by atomic mass is 19.1. The van der Waals surface area contributed by atoms with Gasteiger partial charge in [0.15, 0.2) is 0 Å². The van der Waals surface area contributed by atoms with Gasteiger partial charge in [0.1, 0.15) is 6.17 Å². The number of rotatable bonds is 5. The maximum atomic E-state index is 15.4. The molecule has 4 saturated carbocycles. The molecule has 0 saturated heterocycles. The Kier molecular flexibility index (Phi) is 6.15. The summed E-state index contributed by atoms with van der Waals surface area (Å²) in [7, 11) is 0. The molecule has 0 amide bonds. The van der Waals surface area contributed by atoms with Crippen LogP contribution in [0.4, 0.5) is 4.39 Å². The predicted octanol–water partition coefficient (Wildman–Crippen LogP) is 6.14. The van der Waals surface area contributed by atoms with Crippen LogP contribution in [0.25, 0.3) is 0 Å². The van der Waals surface area contributed by atoms with E-state index in [-0.39, 0.29) is 29.5 Å². The monoisotopic (exact) mass is 408 g/mol. The Bertz CT molecular complexity index is 579. The standard InChI is InChI=1S/C26H45FO2/c1-16(2)24(29)10-9-23(27)22-8-7-20-19-6-5-17-15-18(28)11-13-25(17,3)21(19)12-14-26(20,22)4/h16-24,28-29H,5-15H2,1-4H3/t17-,18?,19?,20?,21?,22?,23?,24?,25?,26?/m0/s1. The smallest absolute Gasteiger partial charge is 0.104 e. The Morgan fingerprint density at radius 1 is 0.897 bits per heavy atom. The molecule has 0 aromatic carbocycles. The summed E-state index contributed by atoms with van der Waals surface area (Å²) in [5, 5.41) is 20.4. The lowest BCUT2D eigenvalue weighted by atomic mass is 9.44. The molecule has 29 heavy (non-hydrogen) atoms. The molecule has 4 rings (SSSR count). The molecule has 10 atom stereocenters. The first-order chi connectivity index (χ1) is 13.7. The molecule has 4 aliphatic rings. The molecule has 0 heterocycles. The lowest BCUT2D eigenvalue weighted by Crippen LogP contribution is -2.54. The largest absolute Gasteiger partial charge is 0.393 e. The Morgan fingerprint density at radius 3 is 2.31 bits per heavy atom. The SMILES string of the molecule is CC(C)C(O)CCC(F)C1CCC2C3CC[C@H]4CC(O)CCC4(C)C3CCC12C. The van der Waals surface area contributed by atoms with E-state index in [0.29, 0.717) is 30.1 Å². The van der Waals surface area contributed by atoms with Crippen LogP contribution in [0.3, 0.4) is 0 Å². The molecule has 0 bridgehead atoms. The van der Waals surface area contributed by atoms with Crippen molar-refractivity contribution in [3.8, 4) is 0 Å². The van der Waals surface area contributed by atoms with Crippen molar-refractivity contribution in [2.24, 2.45) is 46.3 Å². The molecule has 2 nitrogen and oxygen atoms in total. The van der Waals surface area contributed by atoms with Crippen LogP contribution in [-0.4, -0.2) is 28.6 Å². The number of halogens is 1. The van der Waals surface area contributed by atoms with Crippen molar-refractivity contribution >= 4 is 0 Å². The number of hydrogen-bond acceptors (Lipinski definition) is 2. The first-order valence-corrected chi connectivity index (χ1v) is 12.7. The molecule has 9 unspecified atom stereocenters. The van der Waals surface area contributed by atoms with Crippen LogP contribution in [0, 0.1) is 46.3 Å². The van der Waals surface area contributed by atoms with Gasteiger partial charge in [-0.2, -0.15) is 0 Å². The van der Waals surface area contributed by atoms with Crippen molar-refractivity contribution in [2.45, 2.75) is 117 Å². The van der Waals surface area contributed by atoms with Gasteiger partial charge in [-0.1, -0.05) is 27.7 Å². The minimum atomic E-state index is -0.758. The molecule has 2 N–H and O–H groups in total. The van der Waals surface area contributed by atoms with Gasteiger partial charge < -0.3 is 10.2 Å². The quantitative estimate of drug-likeness (QED) is 0.573. The highest BCUT2D eigenvalue weighted by Crippen LogP contribution is 2.68. The summed E-state index contributed by atoms with van der Waals surface area (Å²) in [4.78, 5) is 0. The molecule has 4 aliphatic carbocycles. The summed E-state index contributed by atoms with van der Waals surface area (Å²) in [6.07, 6.45) is 10.4. The zero-order valence-electron chi connectivity index (χ0n) is 19.2. The fourth-order valence-electron chi connectivity index (χ4n) is 8.73. The molecule has 4 fully saturated rings. The molecule has 0 aromatic rings. The van der Waals surface area contributed by atoms with E-state index in [4.69, 9.17) is 0 Å². The van der Waals surface area contributed by atoms with E-state index < -0.39 is 6.17 Å². The van der Waals surface area contributed by atoms with Gasteiger partial charge >= 0.3 is 0 Å². The van der Waals surface area contributed by atoms with Crippen LogP contribution in [-0.2, 0) is 0 Å². The third kappa shape index (κ3) is 3.71. The van der Waals surface area contributed by atoms with Gasteiger partial charge in [0.25, 0.3) is 0 Å². The molecule has 168 valence electrons. The zero-order chi connectivity index (χ0) is 21.0. The highest BCUT2D eigenvalue weighted by Gasteiger charge is 2.61. The van der Waals surface area contributed by atoms with Crippen LogP contribution < -0.4 is 0 Å². The van der Waals surface area contributed by atoms with Gasteiger partial charge in [0, 0.05) is 0 Å². The molecule has 0 spiro atoms. The summed E-state index contributed by atoms with van der Waals surface area (Å²) in [6.45, 7) is 8.98. The number of hydrogen-bond donors (Lipinski definition) is 2. The van der Waals surface area contributed by atoms with Crippen LogP contribution in [0.1, 0.15) is 98.3 Å². The summed E-state index contributed by atoms with van der Waals surface area (Å²) < 4.78 is 15.4. The summed E-state index contributed by atoms with van der Waals surface area (Å²) >= 11 is 0. The van der Waals surface area contributed by atoms with E-state index in [9.17, 15) is 10.2 Å². The first-order valence-electron chi connectivity index (χ1n) is 12.7. The van der Waals surface area contributed by atoms with Gasteiger partial charge in [-0.3, -0.25) is 0 Å². The predicted molar refractivity (Wildman–Crippen MR) is 116 cm³/mol. The lowest BCUT2D eigenvalue weighted by molar-refractivity contribution is -0.130. The van der Waals surface area contributed by atoms with Gasteiger partial charge in [0.2, 0.25) is 0 Å². The molecule has 0 radical (unpaired) electrons. The minimum Gasteiger partial charge on any atom is -0.393 e. The third-order valence-corrected chi connectivity index (χ3v) is 10.7. The number of aliphatic hydroxyl groups excluding tert-OH is 2. The number of aliphatic hydroxyl groups is 2. The third-order valence-electron chi connectivity index (χ3n) is 10.7. The summed E-state index contributed by atoms with van der Waals surface area (Å²) in [6, 6.07) is 0. The average molecular weight is 409 g/mol. The van der Waals surface area contributed by atoms with Crippen LogP contribution in [0.2, 0.25) is 0 Å². The van der Waals surface area contributed by atoms with Crippen LogP contribution in [0.5, 0.6) is 0 Å². The normalized spacial score (nSPS) is 49.2. The van der Waals surface area contributed by atoms with Crippen LogP contribution >= 0.6 is 0 Å². The fraction of sp³-hybridized carbons (Fsp3) is 1.00. The maximum absolute atomic E-state index is 15.4. The average Bonchev–Trinajstić information content (AvgIpc) is 3.03. The molecule has 3 heteroatoms. The summed E-state index contributed by atoms with van der Waals surface area (Å²) in [5.74, 6) is 3.33. The van der Waals surface area contributed by atoms with E-state index >= 15 is 4.39 Å². The molecule has 0 aromatic heterocycles. The lowest BCUT2D eigenvalue weighted by Gasteiger charge is -2.61. The minimum absolute atomic E-state index is 0.0807. The second-order valence-corrected chi connectivity index (χ2v) is 12.2. The van der Waals surface area contributed by atoms with E-state index in [1.54, 1.807) is 0 Å². The molecule has 0 aliphatic heterocycles. The topological polar surface area (TPSA) is 40.5 Å². The van der Waals surface area contributed by atoms with Crippen molar-refractivity contribution in [3.63, 3.8) is 0 Å². The maximum Gasteiger partial charge on any atom is 0.104 e. The zero-order valence-corrected chi connectivity index (χ0v) is 19.2.